The number of pyridine rings is 1. The van der Waals surface area contributed by atoms with E-state index in [4.69, 9.17) is 18.9 Å². The third-order valence-electron chi connectivity index (χ3n) is 5.59. The summed E-state index contributed by atoms with van der Waals surface area (Å²) in [4.78, 5) is 26.1. The van der Waals surface area contributed by atoms with Crippen molar-refractivity contribution in [3.8, 4) is 28.5 Å². The topological polar surface area (TPSA) is 105 Å². The highest BCUT2D eigenvalue weighted by Gasteiger charge is 2.24. The molecule has 0 aliphatic carbocycles. The average Bonchev–Trinajstić information content (AvgIpc) is 2.83. The highest BCUT2D eigenvalue weighted by Crippen LogP contribution is 2.34. The number of ether oxygens (including phenoxy) is 4. The molecular weight excluding hydrogens is 436 g/mol. The molecule has 0 saturated carbocycles. The minimum absolute atomic E-state index is 0.0391. The van der Waals surface area contributed by atoms with Crippen LogP contribution in [0.15, 0.2) is 30.5 Å². The van der Waals surface area contributed by atoms with Crippen LogP contribution in [0.5, 0.6) is 17.4 Å². The van der Waals surface area contributed by atoms with Crippen LogP contribution in [0.3, 0.4) is 0 Å². The molecule has 9 heteroatoms. The second-order valence-electron chi connectivity index (χ2n) is 9.15. The summed E-state index contributed by atoms with van der Waals surface area (Å²) in [6.07, 6.45) is 3.21. The van der Waals surface area contributed by atoms with Crippen LogP contribution in [-0.2, 0) is 9.53 Å². The summed E-state index contributed by atoms with van der Waals surface area (Å²) >= 11 is 0. The lowest BCUT2D eigenvalue weighted by molar-refractivity contribution is -0.123. The van der Waals surface area contributed by atoms with Gasteiger partial charge in [-0.15, -0.1) is 0 Å². The first-order valence-corrected chi connectivity index (χ1v) is 11.2. The first kappa shape index (κ1) is 23.7. The fourth-order valence-corrected chi connectivity index (χ4v) is 3.55. The van der Waals surface area contributed by atoms with E-state index < -0.39 is 5.41 Å². The molecule has 3 heterocycles. The van der Waals surface area contributed by atoms with Crippen LogP contribution >= 0.6 is 0 Å². The Morgan fingerprint density at radius 1 is 1.03 bits per heavy atom. The van der Waals surface area contributed by atoms with E-state index in [0.717, 1.165) is 24.0 Å². The summed E-state index contributed by atoms with van der Waals surface area (Å²) in [7, 11) is 3.20. The molecule has 0 spiro atoms. The largest absolute Gasteiger partial charge is 0.493 e. The molecule has 0 atom stereocenters. The number of benzene rings is 1. The second-order valence-corrected chi connectivity index (χ2v) is 9.15. The maximum atomic E-state index is 12.5. The van der Waals surface area contributed by atoms with Crippen LogP contribution < -0.4 is 19.5 Å². The number of nitrogens with zero attached hydrogens (tertiary/aromatic N) is 3. The van der Waals surface area contributed by atoms with Gasteiger partial charge in [0.25, 0.3) is 0 Å². The molecule has 180 valence electrons. The molecule has 4 rings (SSSR count). The fourth-order valence-electron chi connectivity index (χ4n) is 3.55. The van der Waals surface area contributed by atoms with Gasteiger partial charge < -0.3 is 18.9 Å². The van der Waals surface area contributed by atoms with Crippen LogP contribution in [0, 0.1) is 5.41 Å². The lowest BCUT2D eigenvalue weighted by Crippen LogP contribution is -2.29. The summed E-state index contributed by atoms with van der Waals surface area (Å²) in [5, 5.41) is 3.45. The number of methoxy groups -OCH3 is 2. The standard InChI is InChI=1S/C25H30N4O5/c1-25(2,3)23(30)29-24-27-21-18(22(28-24)34-17-8-10-33-11-9-17)12-16(14-26-21)15-6-7-19(31-4)20(13-15)32-5/h6-7,12-14,17H,8-11H2,1-5H3,(H,26,27,28,29,30). The molecule has 9 nitrogen and oxygen atoms in total. The zero-order valence-electron chi connectivity index (χ0n) is 20.2. The molecule has 3 aromatic rings. The van der Waals surface area contributed by atoms with Gasteiger partial charge in [0.15, 0.2) is 17.1 Å². The van der Waals surface area contributed by atoms with Crippen molar-refractivity contribution in [3.05, 3.63) is 30.5 Å². The Hall–Kier alpha value is -3.46. The van der Waals surface area contributed by atoms with Crippen molar-refractivity contribution < 1.29 is 23.7 Å². The highest BCUT2D eigenvalue weighted by molar-refractivity contribution is 5.94. The molecular formula is C25H30N4O5. The molecule has 34 heavy (non-hydrogen) atoms. The van der Waals surface area contributed by atoms with Crippen molar-refractivity contribution in [3.63, 3.8) is 0 Å². The van der Waals surface area contributed by atoms with Gasteiger partial charge in [-0.3, -0.25) is 10.1 Å². The summed E-state index contributed by atoms with van der Waals surface area (Å²) in [6.45, 7) is 6.76. The molecule has 1 saturated heterocycles. The van der Waals surface area contributed by atoms with Crippen LogP contribution in [0.2, 0.25) is 0 Å². The number of anilines is 1. The van der Waals surface area contributed by atoms with Gasteiger partial charge in [0.2, 0.25) is 17.7 Å². The summed E-state index contributed by atoms with van der Waals surface area (Å²) in [5.41, 5.74) is 1.59. The van der Waals surface area contributed by atoms with Crippen LogP contribution in [-0.4, -0.2) is 54.4 Å². The summed E-state index contributed by atoms with van der Waals surface area (Å²) in [5.74, 6) is 1.63. The Labute approximate surface area is 198 Å². The third-order valence-corrected chi connectivity index (χ3v) is 5.59. The van der Waals surface area contributed by atoms with Crippen molar-refractivity contribution in [2.45, 2.75) is 39.7 Å². The zero-order valence-corrected chi connectivity index (χ0v) is 20.2. The molecule has 0 unspecified atom stereocenters. The predicted molar refractivity (Wildman–Crippen MR) is 128 cm³/mol. The summed E-state index contributed by atoms with van der Waals surface area (Å²) < 4.78 is 22.5. The third kappa shape index (κ3) is 5.20. The number of carbonyl (C=O) groups is 1. The average molecular weight is 467 g/mol. The monoisotopic (exact) mass is 466 g/mol. The quantitative estimate of drug-likeness (QED) is 0.575. The number of aromatic nitrogens is 3. The molecule has 1 aliphatic heterocycles. The van der Waals surface area contributed by atoms with Crippen molar-refractivity contribution in [1.29, 1.82) is 0 Å². The highest BCUT2D eigenvalue weighted by atomic mass is 16.5. The van der Waals surface area contributed by atoms with Crippen molar-refractivity contribution in [1.82, 2.24) is 15.0 Å². The number of amides is 1. The minimum atomic E-state index is -0.593. The Balaban J connectivity index is 1.76. The molecule has 0 radical (unpaired) electrons. The number of rotatable bonds is 6. The molecule has 1 amide bonds. The first-order chi connectivity index (χ1) is 16.3. The molecule has 1 N–H and O–H groups in total. The first-order valence-electron chi connectivity index (χ1n) is 11.2. The van der Waals surface area contributed by atoms with Gasteiger partial charge in [0.05, 0.1) is 32.8 Å². The van der Waals surface area contributed by atoms with Gasteiger partial charge in [0.1, 0.15) is 6.10 Å². The lowest BCUT2D eigenvalue weighted by atomic mass is 9.96. The summed E-state index contributed by atoms with van der Waals surface area (Å²) in [6, 6.07) is 7.61. The number of fused-ring (bicyclic) bond motifs is 1. The minimum Gasteiger partial charge on any atom is -0.493 e. The van der Waals surface area contributed by atoms with E-state index in [9.17, 15) is 4.79 Å². The number of carbonyl (C=O) groups excluding carboxylic acids is 1. The van der Waals surface area contributed by atoms with Crippen molar-refractivity contribution in [2.24, 2.45) is 5.41 Å². The predicted octanol–water partition coefficient (Wildman–Crippen LogP) is 4.25. The van der Waals surface area contributed by atoms with E-state index in [2.05, 4.69) is 20.3 Å². The van der Waals surface area contributed by atoms with Crippen molar-refractivity contribution >= 4 is 22.9 Å². The Bertz CT molecular complexity index is 1190. The van der Waals surface area contributed by atoms with E-state index in [-0.39, 0.29) is 18.0 Å². The Kier molecular flexibility index (Phi) is 6.83. The molecule has 1 aliphatic rings. The van der Waals surface area contributed by atoms with Gasteiger partial charge in [-0.1, -0.05) is 26.8 Å². The van der Waals surface area contributed by atoms with Gasteiger partial charge in [0, 0.05) is 30.0 Å². The smallest absolute Gasteiger partial charge is 0.234 e. The zero-order chi connectivity index (χ0) is 24.3. The van der Waals surface area contributed by atoms with E-state index in [0.29, 0.717) is 41.6 Å². The normalized spacial score (nSPS) is 14.6. The number of nitrogens with one attached hydrogen (secondary N) is 1. The number of hydrogen-bond donors (Lipinski definition) is 1. The van der Waals surface area contributed by atoms with E-state index in [1.54, 1.807) is 20.4 Å². The maximum Gasteiger partial charge on any atom is 0.234 e. The maximum absolute atomic E-state index is 12.5. The Morgan fingerprint density at radius 2 is 1.76 bits per heavy atom. The van der Waals surface area contributed by atoms with Gasteiger partial charge in [-0.2, -0.15) is 9.97 Å². The Morgan fingerprint density at radius 3 is 2.44 bits per heavy atom. The second kappa shape index (κ2) is 9.80. The molecule has 0 bridgehead atoms. The van der Waals surface area contributed by atoms with Gasteiger partial charge >= 0.3 is 0 Å². The lowest BCUT2D eigenvalue weighted by Gasteiger charge is -2.23. The molecule has 1 fully saturated rings. The van der Waals surface area contributed by atoms with Crippen LogP contribution in [0.1, 0.15) is 33.6 Å². The van der Waals surface area contributed by atoms with Crippen molar-refractivity contribution in [2.75, 3.05) is 32.8 Å². The van der Waals surface area contributed by atoms with Gasteiger partial charge in [-0.25, -0.2) is 4.98 Å². The van der Waals surface area contributed by atoms with E-state index >= 15 is 0 Å². The fraction of sp³-hybridized carbons (Fsp3) is 0.440. The van der Waals surface area contributed by atoms with Gasteiger partial charge in [-0.05, 0) is 23.8 Å². The number of hydrogen-bond acceptors (Lipinski definition) is 8. The van der Waals surface area contributed by atoms with Crippen LogP contribution in [0.25, 0.3) is 22.2 Å². The molecule has 1 aromatic carbocycles. The molecule has 2 aromatic heterocycles. The van der Waals surface area contributed by atoms with E-state index in [1.807, 2.05) is 45.0 Å². The SMILES string of the molecule is COc1ccc(-c2cnc3nc(NC(=O)C(C)(C)C)nc(OC4CCOCC4)c3c2)cc1OC. The van der Waals surface area contributed by atoms with Crippen LogP contribution in [0.4, 0.5) is 5.95 Å². The van der Waals surface area contributed by atoms with E-state index in [1.165, 1.54) is 0 Å².